The number of hydrogen-bond acceptors (Lipinski definition) is 3. The lowest BCUT2D eigenvalue weighted by Gasteiger charge is -1.97. The van der Waals surface area contributed by atoms with E-state index < -0.39 is 5.97 Å². The maximum absolute atomic E-state index is 10.8. The number of oxime groups is 1. The van der Waals surface area contributed by atoms with E-state index in [0.717, 1.165) is 0 Å². The first kappa shape index (κ1) is 10.5. The molecule has 0 heterocycles. The SMILES string of the molecule is CC1(C)C(C=NOCC2CC2)C1C(=O)O. The Bertz CT molecular complexity index is 294. The lowest BCUT2D eigenvalue weighted by atomic mass is 10.1. The molecule has 84 valence electrons. The molecule has 0 bridgehead atoms. The molecule has 0 radical (unpaired) electrons. The van der Waals surface area contributed by atoms with E-state index in [1.807, 2.05) is 13.8 Å². The van der Waals surface area contributed by atoms with Crippen molar-refractivity contribution < 1.29 is 14.7 Å². The highest BCUT2D eigenvalue weighted by molar-refractivity contribution is 5.84. The Morgan fingerprint density at radius 3 is 2.73 bits per heavy atom. The molecule has 2 saturated carbocycles. The van der Waals surface area contributed by atoms with Gasteiger partial charge in [-0.3, -0.25) is 4.79 Å². The third kappa shape index (κ3) is 2.13. The fraction of sp³-hybridized carbons (Fsp3) is 0.818. The molecule has 2 rings (SSSR count). The number of hydrogen-bond donors (Lipinski definition) is 1. The summed E-state index contributed by atoms with van der Waals surface area (Å²) in [4.78, 5) is 15.9. The van der Waals surface area contributed by atoms with Crippen molar-refractivity contribution in [1.82, 2.24) is 0 Å². The number of carboxylic acids is 1. The van der Waals surface area contributed by atoms with Gasteiger partial charge in [-0.05, 0) is 24.2 Å². The summed E-state index contributed by atoms with van der Waals surface area (Å²) in [6, 6.07) is 0. The van der Waals surface area contributed by atoms with E-state index in [1.54, 1.807) is 6.21 Å². The van der Waals surface area contributed by atoms with Crippen molar-refractivity contribution in [3.8, 4) is 0 Å². The second-order valence-corrected chi connectivity index (χ2v) is 5.16. The normalized spacial score (nSPS) is 32.9. The van der Waals surface area contributed by atoms with Crippen LogP contribution in [-0.2, 0) is 9.63 Å². The summed E-state index contributed by atoms with van der Waals surface area (Å²) in [5.41, 5.74) is -0.168. The average molecular weight is 211 g/mol. The minimum Gasteiger partial charge on any atom is -0.481 e. The van der Waals surface area contributed by atoms with E-state index >= 15 is 0 Å². The van der Waals surface area contributed by atoms with Gasteiger partial charge in [0.15, 0.2) is 0 Å². The van der Waals surface area contributed by atoms with Gasteiger partial charge in [0.2, 0.25) is 0 Å². The van der Waals surface area contributed by atoms with Gasteiger partial charge in [-0.2, -0.15) is 0 Å². The van der Waals surface area contributed by atoms with Gasteiger partial charge in [-0.15, -0.1) is 0 Å². The van der Waals surface area contributed by atoms with E-state index in [2.05, 4.69) is 5.16 Å². The van der Waals surface area contributed by atoms with Gasteiger partial charge >= 0.3 is 5.97 Å². The first-order chi connectivity index (χ1) is 7.03. The third-order valence-corrected chi connectivity index (χ3v) is 3.48. The minimum atomic E-state index is -0.737. The summed E-state index contributed by atoms with van der Waals surface area (Å²) < 4.78 is 0. The molecule has 0 aliphatic heterocycles. The highest BCUT2D eigenvalue weighted by Crippen LogP contribution is 2.57. The van der Waals surface area contributed by atoms with Crippen LogP contribution in [0.25, 0.3) is 0 Å². The third-order valence-electron chi connectivity index (χ3n) is 3.48. The Hall–Kier alpha value is -1.06. The number of carbonyl (C=O) groups is 1. The van der Waals surface area contributed by atoms with Gasteiger partial charge in [0, 0.05) is 12.1 Å². The van der Waals surface area contributed by atoms with Crippen LogP contribution in [0.2, 0.25) is 0 Å². The fourth-order valence-electron chi connectivity index (χ4n) is 1.97. The predicted octanol–water partition coefficient (Wildman–Crippen LogP) is 1.76. The average Bonchev–Trinajstić information content (AvgIpc) is 2.98. The molecule has 0 spiro atoms. The predicted molar refractivity (Wildman–Crippen MR) is 55.6 cm³/mol. The van der Waals surface area contributed by atoms with Crippen molar-refractivity contribution in [1.29, 1.82) is 0 Å². The molecule has 0 aromatic heterocycles. The highest BCUT2D eigenvalue weighted by Gasteiger charge is 2.61. The molecular formula is C11H17NO3. The molecule has 2 aliphatic carbocycles. The molecule has 0 amide bonds. The molecular weight excluding hydrogens is 194 g/mol. The zero-order chi connectivity index (χ0) is 11.1. The summed E-state index contributed by atoms with van der Waals surface area (Å²) in [6.45, 7) is 4.58. The number of carboxylic acid groups (broad SMARTS) is 1. The largest absolute Gasteiger partial charge is 0.481 e. The van der Waals surface area contributed by atoms with Crippen molar-refractivity contribution in [2.75, 3.05) is 6.61 Å². The van der Waals surface area contributed by atoms with Crippen molar-refractivity contribution in [3.05, 3.63) is 0 Å². The summed E-state index contributed by atoms with van der Waals surface area (Å²) >= 11 is 0. The van der Waals surface area contributed by atoms with Crippen molar-refractivity contribution >= 4 is 12.2 Å². The van der Waals surface area contributed by atoms with Crippen LogP contribution in [0.4, 0.5) is 0 Å². The van der Waals surface area contributed by atoms with Crippen molar-refractivity contribution in [2.45, 2.75) is 26.7 Å². The Kier molecular flexibility index (Phi) is 2.44. The summed E-state index contributed by atoms with van der Waals surface area (Å²) in [6.07, 6.45) is 4.13. The van der Waals surface area contributed by atoms with Gasteiger partial charge in [-0.25, -0.2) is 0 Å². The maximum Gasteiger partial charge on any atom is 0.307 e. The van der Waals surface area contributed by atoms with Gasteiger partial charge in [0.25, 0.3) is 0 Å². The standard InChI is InChI=1S/C11H17NO3/c1-11(2)8(9(11)10(13)14)5-12-15-6-7-3-4-7/h5,7-9H,3-4,6H2,1-2H3,(H,13,14). The number of aliphatic carboxylic acids is 1. The van der Waals surface area contributed by atoms with Crippen LogP contribution in [0.5, 0.6) is 0 Å². The Morgan fingerprint density at radius 1 is 1.60 bits per heavy atom. The summed E-state index contributed by atoms with van der Waals surface area (Å²) in [5, 5.41) is 12.8. The van der Waals surface area contributed by atoms with Crippen LogP contribution in [0, 0.1) is 23.2 Å². The zero-order valence-electron chi connectivity index (χ0n) is 9.14. The maximum atomic E-state index is 10.8. The second kappa shape index (κ2) is 3.51. The van der Waals surface area contributed by atoms with E-state index in [4.69, 9.17) is 9.94 Å². The van der Waals surface area contributed by atoms with Gasteiger partial charge in [0.05, 0.1) is 5.92 Å². The number of rotatable bonds is 5. The Balaban J connectivity index is 1.77. The van der Waals surface area contributed by atoms with Crippen LogP contribution >= 0.6 is 0 Å². The first-order valence-electron chi connectivity index (χ1n) is 5.41. The smallest absolute Gasteiger partial charge is 0.307 e. The lowest BCUT2D eigenvalue weighted by molar-refractivity contribution is -0.139. The molecule has 4 heteroatoms. The zero-order valence-corrected chi connectivity index (χ0v) is 9.14. The molecule has 2 atom stereocenters. The highest BCUT2D eigenvalue weighted by atomic mass is 16.6. The van der Waals surface area contributed by atoms with Crippen LogP contribution in [0.15, 0.2) is 5.16 Å². The van der Waals surface area contributed by atoms with Crippen LogP contribution in [-0.4, -0.2) is 23.9 Å². The van der Waals surface area contributed by atoms with Gasteiger partial charge in [-0.1, -0.05) is 19.0 Å². The Labute approximate surface area is 89.3 Å². The Morgan fingerprint density at radius 2 is 2.27 bits per heavy atom. The van der Waals surface area contributed by atoms with E-state index in [0.29, 0.717) is 12.5 Å². The summed E-state index contributed by atoms with van der Waals surface area (Å²) in [5.74, 6) is -0.330. The fourth-order valence-corrected chi connectivity index (χ4v) is 1.97. The molecule has 0 aromatic rings. The van der Waals surface area contributed by atoms with Crippen molar-refractivity contribution in [2.24, 2.45) is 28.3 Å². The van der Waals surface area contributed by atoms with Crippen LogP contribution in [0.1, 0.15) is 26.7 Å². The van der Waals surface area contributed by atoms with Crippen molar-refractivity contribution in [3.63, 3.8) is 0 Å². The molecule has 4 nitrogen and oxygen atoms in total. The first-order valence-corrected chi connectivity index (χ1v) is 5.41. The molecule has 0 aromatic carbocycles. The van der Waals surface area contributed by atoms with E-state index in [-0.39, 0.29) is 17.3 Å². The molecule has 2 unspecified atom stereocenters. The molecule has 15 heavy (non-hydrogen) atoms. The second-order valence-electron chi connectivity index (χ2n) is 5.16. The number of nitrogens with zero attached hydrogens (tertiary/aromatic N) is 1. The van der Waals surface area contributed by atoms with E-state index in [1.165, 1.54) is 12.8 Å². The quantitative estimate of drug-likeness (QED) is 0.556. The molecule has 0 saturated heterocycles. The van der Waals surface area contributed by atoms with E-state index in [9.17, 15) is 4.79 Å². The van der Waals surface area contributed by atoms with Crippen LogP contribution in [0.3, 0.4) is 0 Å². The van der Waals surface area contributed by atoms with Crippen LogP contribution < -0.4 is 0 Å². The topological polar surface area (TPSA) is 58.9 Å². The monoisotopic (exact) mass is 211 g/mol. The molecule has 1 N–H and O–H groups in total. The minimum absolute atomic E-state index is 0.0224. The lowest BCUT2D eigenvalue weighted by Crippen LogP contribution is -2.03. The van der Waals surface area contributed by atoms with Gasteiger partial charge < -0.3 is 9.94 Å². The van der Waals surface area contributed by atoms with Gasteiger partial charge in [0.1, 0.15) is 6.61 Å². The summed E-state index contributed by atoms with van der Waals surface area (Å²) in [7, 11) is 0. The molecule has 2 fully saturated rings. The molecule has 2 aliphatic rings.